The Morgan fingerprint density at radius 1 is 1.47 bits per heavy atom. The van der Waals surface area contributed by atoms with Crippen LogP contribution in [0.15, 0.2) is 44.4 Å². The van der Waals surface area contributed by atoms with Gasteiger partial charge in [0.2, 0.25) is 5.96 Å². The number of hydrogen-bond acceptors (Lipinski definition) is 5. The Balaban J connectivity index is 2.00. The van der Waals surface area contributed by atoms with Crippen LogP contribution in [0.5, 0.6) is 0 Å². The van der Waals surface area contributed by atoms with Crippen LogP contribution in [0.4, 0.5) is 0 Å². The normalized spacial score (nSPS) is 23.6. The second kappa shape index (κ2) is 3.69. The van der Waals surface area contributed by atoms with Gasteiger partial charge in [0.05, 0.1) is 18.7 Å². The van der Waals surface area contributed by atoms with Crippen LogP contribution in [0.3, 0.4) is 0 Å². The number of Topliss-reactive ketones (excluding diaryl/α,β-unsaturated/α-hetero) is 1. The van der Waals surface area contributed by atoms with E-state index in [1.54, 1.807) is 12.3 Å². The second-order valence-electron chi connectivity index (χ2n) is 4.03. The van der Waals surface area contributed by atoms with E-state index >= 15 is 0 Å². The van der Waals surface area contributed by atoms with Crippen molar-refractivity contribution in [3.63, 3.8) is 0 Å². The number of ketones is 1. The molecule has 0 bridgehead atoms. The third-order valence-electron chi connectivity index (χ3n) is 2.98. The van der Waals surface area contributed by atoms with Crippen LogP contribution >= 0.6 is 0 Å². The molecular weight excluding hydrogens is 218 g/mol. The average molecular weight is 229 g/mol. The highest BCUT2D eigenvalue weighted by atomic mass is 16.3. The summed E-state index contributed by atoms with van der Waals surface area (Å²) < 4.78 is 5.28. The summed E-state index contributed by atoms with van der Waals surface area (Å²) in [6, 6.07) is 3.59. The molecule has 2 N–H and O–H groups in total. The lowest BCUT2D eigenvalue weighted by molar-refractivity contribution is -0.114. The lowest BCUT2D eigenvalue weighted by Gasteiger charge is -2.22. The van der Waals surface area contributed by atoms with Gasteiger partial charge in [-0.3, -0.25) is 4.79 Å². The molecule has 0 aromatic carbocycles. The van der Waals surface area contributed by atoms with Crippen molar-refractivity contribution < 1.29 is 9.21 Å². The van der Waals surface area contributed by atoms with Gasteiger partial charge < -0.3 is 10.2 Å². The van der Waals surface area contributed by atoms with Crippen LogP contribution in [0, 0.1) is 0 Å². The van der Waals surface area contributed by atoms with Gasteiger partial charge in [-0.05, 0) is 24.1 Å². The Bertz CT molecular complexity index is 552. The number of guanidine groups is 1. The van der Waals surface area contributed by atoms with Crippen molar-refractivity contribution in [2.45, 2.75) is 12.3 Å². The van der Waals surface area contributed by atoms with Crippen LogP contribution in [-0.4, -0.2) is 24.0 Å². The summed E-state index contributed by atoms with van der Waals surface area (Å²) in [5, 5.41) is 0. The highest BCUT2D eigenvalue weighted by molar-refractivity contribution is 6.50. The zero-order valence-electron chi connectivity index (χ0n) is 9.09. The Labute approximate surface area is 97.7 Å². The van der Waals surface area contributed by atoms with E-state index in [-0.39, 0.29) is 17.7 Å². The monoisotopic (exact) mass is 229 g/mol. The maximum absolute atomic E-state index is 12.3. The molecule has 0 fully saturated rings. The number of hydrogen-bond donors (Lipinski definition) is 1. The molecular formula is C12H11N3O2. The minimum absolute atomic E-state index is 0.0321. The number of aliphatic imine (C=N–C) groups is 2. The van der Waals surface area contributed by atoms with Gasteiger partial charge in [-0.25, -0.2) is 9.98 Å². The number of carbonyl (C=O) groups is 1. The van der Waals surface area contributed by atoms with Crippen LogP contribution < -0.4 is 5.73 Å². The third-order valence-corrected chi connectivity index (χ3v) is 2.98. The standard InChI is InChI=1S/C12H11N3O2/c13-12-14-6-7-3-4-8(9-2-1-5-17-9)11(16)10(7)15-12/h1-3,5,8H,4,6H2,(H2,13,14). The first-order valence-corrected chi connectivity index (χ1v) is 5.41. The molecule has 17 heavy (non-hydrogen) atoms. The zero-order chi connectivity index (χ0) is 11.8. The fourth-order valence-corrected chi connectivity index (χ4v) is 2.10. The molecule has 0 saturated heterocycles. The van der Waals surface area contributed by atoms with Crippen molar-refractivity contribution in [1.29, 1.82) is 0 Å². The van der Waals surface area contributed by atoms with Crippen molar-refractivity contribution >= 4 is 17.5 Å². The Morgan fingerprint density at radius 3 is 3.12 bits per heavy atom. The quantitative estimate of drug-likeness (QED) is 0.780. The fourth-order valence-electron chi connectivity index (χ4n) is 2.10. The number of furan rings is 1. The van der Waals surface area contributed by atoms with Crippen LogP contribution in [-0.2, 0) is 4.79 Å². The van der Waals surface area contributed by atoms with Gasteiger partial charge in [-0.2, -0.15) is 0 Å². The average Bonchev–Trinajstić information content (AvgIpc) is 2.84. The number of nitrogens with two attached hydrogens (primary N) is 1. The van der Waals surface area contributed by atoms with Crippen LogP contribution in [0.2, 0.25) is 0 Å². The molecule has 1 unspecified atom stereocenters. The highest BCUT2D eigenvalue weighted by Crippen LogP contribution is 2.29. The summed E-state index contributed by atoms with van der Waals surface area (Å²) in [6.07, 6.45) is 4.19. The van der Waals surface area contributed by atoms with Crippen molar-refractivity contribution in [3.8, 4) is 0 Å². The van der Waals surface area contributed by atoms with E-state index in [1.807, 2.05) is 12.1 Å². The SMILES string of the molecule is NC1=NCC2=CCC(c3ccco3)C(=O)C2=N1. The topological polar surface area (TPSA) is 81.0 Å². The molecule has 0 radical (unpaired) electrons. The summed E-state index contributed by atoms with van der Waals surface area (Å²) in [4.78, 5) is 20.3. The largest absolute Gasteiger partial charge is 0.469 e. The molecule has 3 rings (SSSR count). The van der Waals surface area contributed by atoms with E-state index in [4.69, 9.17) is 10.2 Å². The third kappa shape index (κ3) is 1.60. The van der Waals surface area contributed by atoms with Crippen molar-refractivity contribution in [2.24, 2.45) is 15.7 Å². The Kier molecular flexibility index (Phi) is 2.18. The van der Waals surface area contributed by atoms with Crippen molar-refractivity contribution in [1.82, 2.24) is 0 Å². The molecule has 1 aliphatic heterocycles. The molecule has 0 amide bonds. The number of fused-ring (bicyclic) bond motifs is 1. The predicted octanol–water partition coefficient (Wildman–Crippen LogP) is 1.03. The van der Waals surface area contributed by atoms with Gasteiger partial charge in [-0.15, -0.1) is 0 Å². The molecule has 0 saturated carbocycles. The van der Waals surface area contributed by atoms with E-state index < -0.39 is 0 Å². The minimum atomic E-state index is -0.279. The lowest BCUT2D eigenvalue weighted by atomic mass is 9.84. The van der Waals surface area contributed by atoms with Crippen molar-refractivity contribution in [3.05, 3.63) is 35.8 Å². The van der Waals surface area contributed by atoms with E-state index in [1.165, 1.54) is 0 Å². The van der Waals surface area contributed by atoms with Gasteiger partial charge in [0.15, 0.2) is 5.78 Å². The number of nitrogens with zero attached hydrogens (tertiary/aromatic N) is 2. The van der Waals surface area contributed by atoms with E-state index in [0.29, 0.717) is 24.4 Å². The van der Waals surface area contributed by atoms with E-state index in [0.717, 1.165) is 5.57 Å². The number of carbonyl (C=O) groups excluding carboxylic acids is 1. The smallest absolute Gasteiger partial charge is 0.216 e. The van der Waals surface area contributed by atoms with E-state index in [2.05, 4.69) is 9.98 Å². The molecule has 1 aliphatic carbocycles. The molecule has 1 atom stereocenters. The van der Waals surface area contributed by atoms with Crippen LogP contribution in [0.25, 0.3) is 0 Å². The summed E-state index contributed by atoms with van der Waals surface area (Å²) in [7, 11) is 0. The predicted molar refractivity (Wildman–Crippen MR) is 63.1 cm³/mol. The van der Waals surface area contributed by atoms with Gasteiger partial charge in [-0.1, -0.05) is 6.08 Å². The van der Waals surface area contributed by atoms with E-state index in [9.17, 15) is 4.79 Å². The summed E-state index contributed by atoms with van der Waals surface area (Å²) in [5.74, 6) is 0.536. The maximum atomic E-state index is 12.3. The lowest BCUT2D eigenvalue weighted by Crippen LogP contribution is -2.33. The Hall–Kier alpha value is -2.17. The first-order chi connectivity index (χ1) is 8.25. The van der Waals surface area contributed by atoms with Crippen LogP contribution in [0.1, 0.15) is 18.1 Å². The Morgan fingerprint density at radius 2 is 2.35 bits per heavy atom. The molecule has 1 aromatic rings. The molecule has 5 heteroatoms. The first-order valence-electron chi connectivity index (χ1n) is 5.41. The summed E-state index contributed by atoms with van der Waals surface area (Å²) in [5.41, 5.74) is 6.83. The summed E-state index contributed by atoms with van der Waals surface area (Å²) >= 11 is 0. The van der Waals surface area contributed by atoms with Crippen molar-refractivity contribution in [2.75, 3.05) is 6.54 Å². The maximum Gasteiger partial charge on any atom is 0.216 e. The van der Waals surface area contributed by atoms with Gasteiger partial charge >= 0.3 is 0 Å². The van der Waals surface area contributed by atoms with Gasteiger partial charge in [0.25, 0.3) is 0 Å². The number of rotatable bonds is 1. The minimum Gasteiger partial charge on any atom is -0.469 e. The molecule has 86 valence electrons. The summed E-state index contributed by atoms with van der Waals surface area (Å²) in [6.45, 7) is 0.446. The van der Waals surface area contributed by atoms with Gasteiger partial charge in [0, 0.05) is 0 Å². The van der Waals surface area contributed by atoms with Gasteiger partial charge in [0.1, 0.15) is 11.5 Å². The molecule has 1 aromatic heterocycles. The molecule has 2 aliphatic rings. The highest BCUT2D eigenvalue weighted by Gasteiger charge is 2.33. The fraction of sp³-hybridized carbons (Fsp3) is 0.250. The number of allylic oxidation sites excluding steroid dienone is 1. The molecule has 0 spiro atoms. The molecule has 2 heterocycles. The molecule has 5 nitrogen and oxygen atoms in total. The zero-order valence-corrected chi connectivity index (χ0v) is 9.09. The first kappa shape index (κ1) is 10.0. The second-order valence-corrected chi connectivity index (χ2v) is 4.03.